The van der Waals surface area contributed by atoms with Crippen LogP contribution in [-0.4, -0.2) is 48.5 Å². The van der Waals surface area contributed by atoms with E-state index in [-0.39, 0.29) is 17.9 Å². The highest BCUT2D eigenvalue weighted by Gasteiger charge is 2.28. The number of carbonyl (C=O) groups excluding carboxylic acids is 2. The van der Waals surface area contributed by atoms with Gasteiger partial charge in [0.2, 0.25) is 0 Å². The largest absolute Gasteiger partial charge is 0.493 e. The molecule has 2 unspecified atom stereocenters. The van der Waals surface area contributed by atoms with Crippen molar-refractivity contribution in [1.29, 1.82) is 0 Å². The summed E-state index contributed by atoms with van der Waals surface area (Å²) in [5, 5.41) is 5.84. The normalized spacial score (nSPS) is 22.9. The molecule has 3 aliphatic rings. The fourth-order valence-electron chi connectivity index (χ4n) is 4.99. The molecule has 1 fully saturated rings. The van der Waals surface area contributed by atoms with Crippen molar-refractivity contribution in [2.45, 2.75) is 38.3 Å². The molecule has 1 saturated heterocycles. The van der Waals surface area contributed by atoms with E-state index in [1.165, 1.54) is 18.6 Å². The van der Waals surface area contributed by atoms with Crippen molar-refractivity contribution in [2.75, 3.05) is 25.0 Å². The van der Waals surface area contributed by atoms with Crippen LogP contribution in [0.2, 0.25) is 0 Å². The lowest BCUT2D eigenvalue weighted by Crippen LogP contribution is -2.40. The quantitative estimate of drug-likeness (QED) is 0.633. The van der Waals surface area contributed by atoms with Crippen LogP contribution in [-0.2, 0) is 9.53 Å². The first-order chi connectivity index (χ1) is 16.5. The lowest BCUT2D eigenvalue weighted by atomic mass is 9.98. The Bertz CT molecular complexity index is 1190. The van der Waals surface area contributed by atoms with E-state index in [9.17, 15) is 14.0 Å². The summed E-state index contributed by atoms with van der Waals surface area (Å²) in [4.78, 5) is 27.6. The van der Waals surface area contributed by atoms with Crippen molar-refractivity contribution in [3.05, 3.63) is 77.3 Å². The van der Waals surface area contributed by atoms with E-state index >= 15 is 0 Å². The number of ether oxygens (including phenoxy) is 1. The van der Waals surface area contributed by atoms with E-state index in [1.54, 1.807) is 18.4 Å². The molecule has 0 radical (unpaired) electrons. The lowest BCUT2D eigenvalue weighted by molar-refractivity contribution is -0.110. The second-order valence-corrected chi connectivity index (χ2v) is 8.96. The Morgan fingerprint density at radius 3 is 3.03 bits per heavy atom. The number of nitrogens with zero attached hydrogens (tertiary/aromatic N) is 1. The summed E-state index contributed by atoms with van der Waals surface area (Å²) in [7, 11) is 0. The molecule has 3 heterocycles. The number of carbonyl (C=O) groups is 2. The fraction of sp³-hybridized carbons (Fsp3) is 0.333. The van der Waals surface area contributed by atoms with Crippen molar-refractivity contribution >= 4 is 28.6 Å². The summed E-state index contributed by atoms with van der Waals surface area (Å²) in [5.41, 5.74) is 4.03. The molecule has 7 heteroatoms. The minimum absolute atomic E-state index is 0.0794. The minimum atomic E-state index is -0.391. The Kier molecular flexibility index (Phi) is 6.20. The monoisotopic (exact) mass is 461 g/mol. The molecule has 2 aromatic rings. The second kappa shape index (κ2) is 9.43. The zero-order valence-corrected chi connectivity index (χ0v) is 19.1. The van der Waals surface area contributed by atoms with Gasteiger partial charge >= 0.3 is 0 Å². The molecule has 5 rings (SSSR count). The molecule has 0 aromatic heterocycles. The average Bonchev–Trinajstić information content (AvgIpc) is 3.57. The van der Waals surface area contributed by atoms with Gasteiger partial charge in [-0.25, -0.2) is 4.39 Å². The summed E-state index contributed by atoms with van der Waals surface area (Å²) in [5.74, 6) is -0.734. The smallest absolute Gasteiger partial charge is 0.256 e. The summed E-state index contributed by atoms with van der Waals surface area (Å²) < 4.78 is 19.5. The molecule has 0 saturated carbocycles. The second-order valence-electron chi connectivity index (χ2n) is 8.96. The number of benzene rings is 2. The van der Waals surface area contributed by atoms with Crippen LogP contribution in [0.5, 0.6) is 0 Å². The summed E-state index contributed by atoms with van der Waals surface area (Å²) in [6, 6.07) is 12.2. The molecule has 34 heavy (non-hydrogen) atoms. The van der Waals surface area contributed by atoms with Gasteiger partial charge in [0, 0.05) is 41.4 Å². The topological polar surface area (TPSA) is 70.7 Å². The number of anilines is 1. The van der Waals surface area contributed by atoms with Gasteiger partial charge in [-0.2, -0.15) is 0 Å². The van der Waals surface area contributed by atoms with Crippen molar-refractivity contribution in [2.24, 2.45) is 0 Å². The van der Waals surface area contributed by atoms with E-state index in [1.807, 2.05) is 24.3 Å². The van der Waals surface area contributed by atoms with Crippen LogP contribution in [0.25, 0.3) is 11.1 Å². The third-order valence-corrected chi connectivity index (χ3v) is 6.82. The average molecular weight is 462 g/mol. The van der Waals surface area contributed by atoms with Gasteiger partial charge in [0.05, 0.1) is 6.26 Å². The Hall–Kier alpha value is -3.45. The first-order valence-electron chi connectivity index (χ1n) is 11.8. The van der Waals surface area contributed by atoms with Gasteiger partial charge in [-0.05, 0) is 73.5 Å². The first kappa shape index (κ1) is 22.3. The van der Waals surface area contributed by atoms with Crippen LogP contribution in [0, 0.1) is 5.82 Å². The first-order valence-corrected chi connectivity index (χ1v) is 11.8. The minimum Gasteiger partial charge on any atom is -0.493 e. The van der Waals surface area contributed by atoms with Gasteiger partial charge in [-0.15, -0.1) is 0 Å². The molecule has 0 bridgehead atoms. The highest BCUT2D eigenvalue weighted by Crippen LogP contribution is 2.35. The Balaban J connectivity index is 1.24. The van der Waals surface area contributed by atoms with Gasteiger partial charge in [0.25, 0.3) is 11.8 Å². The zero-order valence-electron chi connectivity index (χ0n) is 19.1. The number of likely N-dealkylation sites (N-methyl/N-ethyl adjacent to an activating group) is 1. The maximum absolute atomic E-state index is 13.7. The maximum atomic E-state index is 13.7. The Labute approximate surface area is 198 Å². The van der Waals surface area contributed by atoms with Crippen LogP contribution >= 0.6 is 0 Å². The fourth-order valence-corrected chi connectivity index (χ4v) is 4.99. The Morgan fingerprint density at radius 1 is 1.29 bits per heavy atom. The van der Waals surface area contributed by atoms with Crippen molar-refractivity contribution in [3.8, 4) is 0 Å². The molecule has 0 spiro atoms. The molecule has 2 N–H and O–H groups in total. The Morgan fingerprint density at radius 2 is 2.18 bits per heavy atom. The maximum Gasteiger partial charge on any atom is 0.256 e. The summed E-state index contributed by atoms with van der Waals surface area (Å²) in [6.07, 6.45) is 5.92. The molecule has 2 amide bonds. The number of hydrogen-bond acceptors (Lipinski definition) is 4. The standard InChI is InChI=1S/C27H28FN3O3/c1-2-31-10-4-7-21(31)15-29-26(32)18-6-3-5-17(11-18)19-12-22(34-16-19)14-24-23-13-20(28)8-9-25(23)30-27(24)33/h3,5-6,8-9,11,13-14,16,21-22H,2,4,7,10,12,15H2,1H3,(H,29,32)(H,30,33)/b24-14+. The highest BCUT2D eigenvalue weighted by molar-refractivity contribution is 6.31. The number of nitrogens with one attached hydrogen (secondary N) is 2. The summed E-state index contributed by atoms with van der Waals surface area (Å²) >= 11 is 0. The highest BCUT2D eigenvalue weighted by atomic mass is 19.1. The molecule has 2 atom stereocenters. The summed E-state index contributed by atoms with van der Waals surface area (Å²) in [6.45, 7) is 4.91. The van der Waals surface area contributed by atoms with Gasteiger partial charge in [0.1, 0.15) is 11.9 Å². The van der Waals surface area contributed by atoms with Crippen LogP contribution in [0.3, 0.4) is 0 Å². The van der Waals surface area contributed by atoms with Gasteiger partial charge in [-0.1, -0.05) is 19.1 Å². The predicted molar refractivity (Wildman–Crippen MR) is 130 cm³/mol. The van der Waals surface area contributed by atoms with E-state index in [4.69, 9.17) is 4.74 Å². The van der Waals surface area contributed by atoms with Crippen LogP contribution < -0.4 is 10.6 Å². The van der Waals surface area contributed by atoms with E-state index in [0.29, 0.717) is 41.4 Å². The molecular formula is C27H28FN3O3. The number of amides is 2. The number of halogens is 1. The number of likely N-dealkylation sites (tertiary alicyclic amines) is 1. The van der Waals surface area contributed by atoms with Crippen LogP contribution in [0.1, 0.15) is 47.7 Å². The molecular weight excluding hydrogens is 433 g/mol. The predicted octanol–water partition coefficient (Wildman–Crippen LogP) is 4.21. The zero-order chi connectivity index (χ0) is 23.7. The van der Waals surface area contributed by atoms with Crippen molar-refractivity contribution < 1.29 is 18.7 Å². The van der Waals surface area contributed by atoms with E-state index < -0.39 is 5.82 Å². The SMILES string of the molecule is CCN1CCCC1CNC(=O)c1cccc(C2=COC(/C=C3/C(=O)Nc4ccc(F)cc43)C2)c1. The van der Waals surface area contributed by atoms with Gasteiger partial charge in [0.15, 0.2) is 0 Å². The van der Waals surface area contributed by atoms with Crippen LogP contribution in [0.15, 0.2) is 54.8 Å². The van der Waals surface area contributed by atoms with Crippen molar-refractivity contribution in [3.63, 3.8) is 0 Å². The molecule has 6 nitrogen and oxygen atoms in total. The van der Waals surface area contributed by atoms with Crippen molar-refractivity contribution in [1.82, 2.24) is 10.2 Å². The van der Waals surface area contributed by atoms with Gasteiger partial charge in [-0.3, -0.25) is 14.5 Å². The molecule has 2 aromatic carbocycles. The third kappa shape index (κ3) is 4.48. The lowest BCUT2D eigenvalue weighted by Gasteiger charge is -2.22. The third-order valence-electron chi connectivity index (χ3n) is 6.82. The van der Waals surface area contributed by atoms with E-state index in [2.05, 4.69) is 22.5 Å². The number of fused-ring (bicyclic) bond motifs is 1. The molecule has 176 valence electrons. The number of hydrogen-bond donors (Lipinski definition) is 2. The van der Waals surface area contributed by atoms with Gasteiger partial charge < -0.3 is 15.4 Å². The molecule has 0 aliphatic carbocycles. The number of rotatable bonds is 6. The molecule has 3 aliphatic heterocycles. The van der Waals surface area contributed by atoms with Crippen LogP contribution in [0.4, 0.5) is 10.1 Å². The van der Waals surface area contributed by atoms with E-state index in [0.717, 1.165) is 30.6 Å².